The average molecular weight is 341 g/mol. The third-order valence-electron chi connectivity index (χ3n) is 5.14. The van der Waals surface area contributed by atoms with Crippen molar-refractivity contribution in [1.29, 1.82) is 0 Å². The number of fused-ring (bicyclic) bond motifs is 8. The number of thiophene rings is 1. The Bertz CT molecular complexity index is 1150. The molecule has 119 valence electrons. The van der Waals surface area contributed by atoms with Gasteiger partial charge in [0, 0.05) is 38.5 Å². The average Bonchev–Trinajstić information content (AvgIpc) is 3.25. The molecule has 2 N–H and O–H groups in total. The van der Waals surface area contributed by atoms with Crippen LogP contribution in [-0.2, 0) is 4.79 Å². The molecule has 0 unspecified atom stereocenters. The number of para-hydroxylation sites is 1. The first-order valence-electron chi connectivity index (χ1n) is 8.30. The first-order valence-corrected chi connectivity index (χ1v) is 9.12. The topological polar surface area (TPSA) is 41.1 Å². The summed E-state index contributed by atoms with van der Waals surface area (Å²) in [6.07, 6.45) is 2.21. The standard InChI is InChI=1S/C21H13N2OS/c24-21-20-13(10-22-21)18-11-5-1-3-7-14(11)23-15(18)9-17-19(20)12-6-2-4-8-16(12)25-17/h1-9,23H,10H2,(H,22,24). The van der Waals surface area contributed by atoms with Crippen molar-refractivity contribution < 1.29 is 4.79 Å². The van der Waals surface area contributed by atoms with Crippen LogP contribution in [0.3, 0.4) is 0 Å². The highest BCUT2D eigenvalue weighted by molar-refractivity contribution is 7.20. The fourth-order valence-corrected chi connectivity index (χ4v) is 5.27. The van der Waals surface area contributed by atoms with Crippen LogP contribution in [0.2, 0.25) is 0 Å². The largest absolute Gasteiger partial charge is 0.358 e. The zero-order valence-corrected chi connectivity index (χ0v) is 14.0. The lowest BCUT2D eigenvalue weighted by molar-refractivity contribution is -0.114. The smallest absolute Gasteiger partial charge is 0.252 e. The van der Waals surface area contributed by atoms with E-state index in [2.05, 4.69) is 53.1 Å². The number of nitrogens with one attached hydrogen (secondary N) is 2. The van der Waals surface area contributed by atoms with Crippen LogP contribution in [0, 0.1) is 5.92 Å². The number of rotatable bonds is 0. The molecule has 1 amide bonds. The van der Waals surface area contributed by atoms with Gasteiger partial charge in [0.2, 0.25) is 0 Å². The van der Waals surface area contributed by atoms with Crippen molar-refractivity contribution in [3.63, 3.8) is 0 Å². The third kappa shape index (κ3) is 1.67. The van der Waals surface area contributed by atoms with E-state index < -0.39 is 0 Å². The minimum atomic E-state index is 0.0336. The minimum absolute atomic E-state index is 0.0336. The molecule has 3 aliphatic rings. The number of benzene rings is 2. The van der Waals surface area contributed by atoms with Gasteiger partial charge in [0.05, 0.1) is 11.5 Å². The fourth-order valence-electron chi connectivity index (χ4n) is 4.11. The number of hydrogen-bond acceptors (Lipinski definition) is 3. The summed E-state index contributed by atoms with van der Waals surface area (Å²) in [5.74, 6) is 1.20. The van der Waals surface area contributed by atoms with Crippen LogP contribution in [0.4, 0.5) is 5.69 Å². The Balaban J connectivity index is 1.72. The van der Waals surface area contributed by atoms with Gasteiger partial charge in [0.15, 0.2) is 0 Å². The van der Waals surface area contributed by atoms with Crippen molar-refractivity contribution in [2.45, 2.75) is 0 Å². The Morgan fingerprint density at radius 1 is 1.00 bits per heavy atom. The van der Waals surface area contributed by atoms with E-state index in [1.807, 2.05) is 12.1 Å². The Labute approximate surface area is 148 Å². The summed E-state index contributed by atoms with van der Waals surface area (Å²) in [5.41, 5.74) is 6.41. The monoisotopic (exact) mass is 341 g/mol. The molecule has 2 aliphatic heterocycles. The fraction of sp³-hybridized carbons (Fsp3) is 0.0476. The van der Waals surface area contributed by atoms with Crippen molar-refractivity contribution in [1.82, 2.24) is 5.32 Å². The van der Waals surface area contributed by atoms with Gasteiger partial charge in [0.25, 0.3) is 5.91 Å². The van der Waals surface area contributed by atoms with Gasteiger partial charge in [-0.3, -0.25) is 4.79 Å². The van der Waals surface area contributed by atoms with E-state index in [0.717, 1.165) is 44.3 Å². The highest BCUT2D eigenvalue weighted by Gasteiger charge is 2.40. The molecular formula is C21H13N2OS. The van der Waals surface area contributed by atoms with Crippen molar-refractivity contribution in [2.75, 3.05) is 11.9 Å². The molecule has 1 aliphatic carbocycles. The van der Waals surface area contributed by atoms with Crippen LogP contribution in [0.1, 0.15) is 16.0 Å². The molecule has 2 aromatic carbocycles. The number of carbonyl (C=O) groups is 1. The Morgan fingerprint density at radius 3 is 2.80 bits per heavy atom. The maximum atomic E-state index is 12.7. The predicted octanol–water partition coefficient (Wildman–Crippen LogP) is 4.19. The van der Waals surface area contributed by atoms with Gasteiger partial charge in [-0.1, -0.05) is 36.4 Å². The van der Waals surface area contributed by atoms with Crippen LogP contribution < -0.4 is 10.6 Å². The van der Waals surface area contributed by atoms with Gasteiger partial charge < -0.3 is 10.6 Å². The maximum Gasteiger partial charge on any atom is 0.252 e. The molecular weight excluding hydrogens is 328 g/mol. The van der Waals surface area contributed by atoms with Crippen molar-refractivity contribution in [2.24, 2.45) is 0 Å². The summed E-state index contributed by atoms with van der Waals surface area (Å²) >= 11 is 1.75. The summed E-state index contributed by atoms with van der Waals surface area (Å²) in [5, 5.41) is 7.76. The molecule has 0 fully saturated rings. The summed E-state index contributed by atoms with van der Waals surface area (Å²) in [4.78, 5) is 13.9. The number of hydrogen-bond donors (Lipinski definition) is 2. The number of carbonyl (C=O) groups excluding carboxylic acids is 1. The SMILES string of the molecule is O=C1NCC2=C1c1c(sc3ccccc13)C=C1Nc3ccccc3[C]12. The van der Waals surface area contributed by atoms with Crippen LogP contribution in [0.15, 0.2) is 59.8 Å². The van der Waals surface area contributed by atoms with Crippen molar-refractivity contribution in [3.8, 4) is 0 Å². The molecule has 0 spiro atoms. The van der Waals surface area contributed by atoms with Crippen molar-refractivity contribution >= 4 is 44.7 Å². The van der Waals surface area contributed by atoms with E-state index in [9.17, 15) is 4.79 Å². The number of allylic oxidation sites excluding steroid dienone is 1. The lowest BCUT2D eigenvalue weighted by atomic mass is 9.88. The van der Waals surface area contributed by atoms with Crippen LogP contribution in [-0.4, -0.2) is 12.5 Å². The molecule has 1 aromatic heterocycles. The Kier molecular flexibility index (Phi) is 2.48. The molecule has 4 heteroatoms. The quantitative estimate of drug-likeness (QED) is 0.644. The second kappa shape index (κ2) is 4.61. The van der Waals surface area contributed by atoms with E-state index in [0.29, 0.717) is 6.54 Å². The Hall–Kier alpha value is -2.85. The summed E-state index contributed by atoms with van der Waals surface area (Å²) < 4.78 is 1.22. The van der Waals surface area contributed by atoms with Crippen molar-refractivity contribution in [3.05, 3.63) is 81.7 Å². The predicted molar refractivity (Wildman–Crippen MR) is 102 cm³/mol. The van der Waals surface area contributed by atoms with Gasteiger partial charge in [-0.25, -0.2) is 0 Å². The van der Waals surface area contributed by atoms with E-state index in [-0.39, 0.29) is 5.91 Å². The highest BCUT2D eigenvalue weighted by atomic mass is 32.1. The number of amides is 1. The molecule has 0 atom stereocenters. The molecule has 3 aromatic rings. The van der Waals surface area contributed by atoms with Crippen LogP contribution in [0.25, 0.3) is 21.7 Å². The normalized spacial score (nSPS) is 18.1. The second-order valence-corrected chi connectivity index (χ2v) is 7.56. The minimum Gasteiger partial charge on any atom is -0.358 e. The maximum absolute atomic E-state index is 12.7. The molecule has 1 radical (unpaired) electrons. The third-order valence-corrected chi connectivity index (χ3v) is 6.26. The van der Waals surface area contributed by atoms with E-state index >= 15 is 0 Å². The summed E-state index contributed by atoms with van der Waals surface area (Å²) in [6, 6.07) is 16.7. The van der Waals surface area contributed by atoms with Gasteiger partial charge in [-0.15, -0.1) is 11.3 Å². The molecule has 3 nitrogen and oxygen atoms in total. The zero-order valence-electron chi connectivity index (χ0n) is 13.2. The molecule has 3 heterocycles. The zero-order chi connectivity index (χ0) is 16.5. The summed E-state index contributed by atoms with van der Waals surface area (Å²) in [7, 11) is 0. The second-order valence-electron chi connectivity index (χ2n) is 6.48. The van der Waals surface area contributed by atoms with Gasteiger partial charge in [0.1, 0.15) is 0 Å². The van der Waals surface area contributed by atoms with Crippen LogP contribution in [0.5, 0.6) is 0 Å². The first kappa shape index (κ1) is 13.4. The van der Waals surface area contributed by atoms with Gasteiger partial charge in [-0.05, 0) is 29.3 Å². The Morgan fingerprint density at radius 2 is 1.84 bits per heavy atom. The van der Waals surface area contributed by atoms with E-state index in [1.54, 1.807) is 11.3 Å². The number of anilines is 1. The molecule has 25 heavy (non-hydrogen) atoms. The van der Waals surface area contributed by atoms with Gasteiger partial charge >= 0.3 is 0 Å². The molecule has 6 rings (SSSR count). The van der Waals surface area contributed by atoms with Gasteiger partial charge in [-0.2, -0.15) is 0 Å². The summed E-state index contributed by atoms with van der Waals surface area (Å²) in [6.45, 7) is 0.584. The molecule has 0 saturated carbocycles. The van der Waals surface area contributed by atoms with Crippen LogP contribution >= 0.6 is 11.3 Å². The lowest BCUT2D eigenvalue weighted by Gasteiger charge is -2.12. The first-order chi connectivity index (χ1) is 12.3. The molecule has 0 saturated heterocycles. The lowest BCUT2D eigenvalue weighted by Crippen LogP contribution is -2.18. The van der Waals surface area contributed by atoms with E-state index in [4.69, 9.17) is 0 Å². The molecule has 0 bridgehead atoms. The van der Waals surface area contributed by atoms with E-state index in [1.165, 1.54) is 10.3 Å². The highest BCUT2D eigenvalue weighted by Crippen LogP contribution is 2.51.